The minimum Gasteiger partial charge on any atom is -0.327 e. The second kappa shape index (κ2) is 5.20. The lowest BCUT2D eigenvalue weighted by atomic mass is 10.0. The van der Waals surface area contributed by atoms with E-state index in [0.717, 1.165) is 10.9 Å². The number of nitrogens with two attached hydrogens (primary N) is 1. The second-order valence-electron chi connectivity index (χ2n) is 2.83. The van der Waals surface area contributed by atoms with E-state index >= 15 is 0 Å². The first-order valence-electron chi connectivity index (χ1n) is 4.43. The molecular formula is C11H14BrN. The van der Waals surface area contributed by atoms with E-state index in [0.29, 0.717) is 6.54 Å². The predicted molar refractivity (Wildman–Crippen MR) is 61.5 cm³/mol. The van der Waals surface area contributed by atoms with Gasteiger partial charge in [-0.15, -0.1) is 0 Å². The largest absolute Gasteiger partial charge is 0.327 e. The van der Waals surface area contributed by atoms with Crippen LogP contribution in [0.25, 0.3) is 5.57 Å². The van der Waals surface area contributed by atoms with Crippen molar-refractivity contribution in [2.45, 2.75) is 13.3 Å². The second-order valence-corrected chi connectivity index (χ2v) is 3.74. The Bertz CT molecular complexity index is 287. The van der Waals surface area contributed by atoms with Crippen LogP contribution < -0.4 is 5.73 Å². The van der Waals surface area contributed by atoms with Gasteiger partial charge in [-0.3, -0.25) is 0 Å². The van der Waals surface area contributed by atoms with Crippen molar-refractivity contribution < 1.29 is 0 Å². The lowest BCUT2D eigenvalue weighted by molar-refractivity contribution is 1.19. The van der Waals surface area contributed by atoms with Crippen LogP contribution in [0.5, 0.6) is 0 Å². The average Bonchev–Trinajstić information content (AvgIpc) is 2.16. The topological polar surface area (TPSA) is 26.0 Å². The van der Waals surface area contributed by atoms with Gasteiger partial charge in [-0.25, -0.2) is 0 Å². The number of rotatable bonds is 3. The molecule has 0 fully saturated rings. The molecule has 0 heterocycles. The summed E-state index contributed by atoms with van der Waals surface area (Å²) in [5, 5.41) is 0. The van der Waals surface area contributed by atoms with Gasteiger partial charge < -0.3 is 5.73 Å². The first kappa shape index (κ1) is 10.5. The molecule has 13 heavy (non-hydrogen) atoms. The quantitative estimate of drug-likeness (QED) is 0.862. The number of halogens is 1. The number of hydrogen-bond donors (Lipinski definition) is 1. The summed E-state index contributed by atoms with van der Waals surface area (Å²) >= 11 is 3.41. The lowest BCUT2D eigenvalue weighted by Gasteiger charge is -2.04. The summed E-state index contributed by atoms with van der Waals surface area (Å²) in [5.41, 5.74) is 8.06. The van der Waals surface area contributed by atoms with Crippen LogP contribution >= 0.6 is 15.9 Å². The molecule has 0 atom stereocenters. The molecule has 1 aromatic carbocycles. The molecule has 0 amide bonds. The number of benzene rings is 1. The Morgan fingerprint density at radius 2 is 2.00 bits per heavy atom. The van der Waals surface area contributed by atoms with Crippen molar-refractivity contribution in [2.75, 3.05) is 6.54 Å². The summed E-state index contributed by atoms with van der Waals surface area (Å²) in [6, 6.07) is 8.31. The Labute approximate surface area is 87.8 Å². The van der Waals surface area contributed by atoms with Crippen molar-refractivity contribution >= 4 is 21.5 Å². The third-order valence-electron chi connectivity index (χ3n) is 1.96. The molecule has 0 unspecified atom stereocenters. The summed E-state index contributed by atoms with van der Waals surface area (Å²) in [6.07, 6.45) is 3.10. The number of allylic oxidation sites excluding steroid dienone is 1. The highest BCUT2D eigenvalue weighted by atomic mass is 79.9. The molecule has 0 aromatic heterocycles. The summed E-state index contributed by atoms with van der Waals surface area (Å²) in [6.45, 7) is 2.75. The van der Waals surface area contributed by atoms with Crippen LogP contribution in [0.1, 0.15) is 18.9 Å². The third kappa shape index (κ3) is 2.98. The molecule has 0 saturated carbocycles. The van der Waals surface area contributed by atoms with Gasteiger partial charge in [0.1, 0.15) is 0 Å². The van der Waals surface area contributed by atoms with Crippen molar-refractivity contribution in [3.63, 3.8) is 0 Å². The molecule has 0 spiro atoms. The maximum absolute atomic E-state index is 5.49. The molecule has 2 heteroatoms. The van der Waals surface area contributed by atoms with E-state index in [4.69, 9.17) is 5.73 Å². The SMILES string of the molecule is CCC(=CCN)c1ccc(Br)cc1. The van der Waals surface area contributed by atoms with E-state index in [2.05, 4.69) is 53.2 Å². The highest BCUT2D eigenvalue weighted by Gasteiger charge is 1.97. The first-order valence-corrected chi connectivity index (χ1v) is 5.22. The summed E-state index contributed by atoms with van der Waals surface area (Å²) in [5.74, 6) is 0. The predicted octanol–water partition coefficient (Wildman–Crippen LogP) is 3.20. The van der Waals surface area contributed by atoms with Gasteiger partial charge in [-0.2, -0.15) is 0 Å². The molecule has 1 nitrogen and oxygen atoms in total. The molecule has 1 aromatic rings. The van der Waals surface area contributed by atoms with Crippen LogP contribution in [0, 0.1) is 0 Å². The fourth-order valence-corrected chi connectivity index (χ4v) is 1.54. The molecule has 0 aliphatic rings. The van der Waals surface area contributed by atoms with Gasteiger partial charge >= 0.3 is 0 Å². The minimum absolute atomic E-state index is 0.610. The Hall–Kier alpha value is -0.600. The van der Waals surface area contributed by atoms with Crippen molar-refractivity contribution in [1.82, 2.24) is 0 Å². The van der Waals surface area contributed by atoms with Gasteiger partial charge in [0.2, 0.25) is 0 Å². The highest BCUT2D eigenvalue weighted by Crippen LogP contribution is 2.19. The molecule has 0 aliphatic carbocycles. The standard InChI is InChI=1S/C11H14BrN/c1-2-9(7-8-13)10-3-5-11(12)6-4-10/h3-7H,2,8,13H2,1H3. The molecular weight excluding hydrogens is 226 g/mol. The summed E-state index contributed by atoms with van der Waals surface area (Å²) in [4.78, 5) is 0. The zero-order valence-electron chi connectivity index (χ0n) is 7.76. The summed E-state index contributed by atoms with van der Waals surface area (Å²) < 4.78 is 1.11. The van der Waals surface area contributed by atoms with E-state index in [1.165, 1.54) is 11.1 Å². The maximum Gasteiger partial charge on any atom is 0.0175 e. The van der Waals surface area contributed by atoms with E-state index in [-0.39, 0.29) is 0 Å². The molecule has 2 N–H and O–H groups in total. The Morgan fingerprint density at radius 3 is 2.46 bits per heavy atom. The normalized spacial score (nSPS) is 11.8. The van der Waals surface area contributed by atoms with Gasteiger partial charge in [0.25, 0.3) is 0 Å². The van der Waals surface area contributed by atoms with Crippen molar-refractivity contribution in [2.24, 2.45) is 5.73 Å². The smallest absolute Gasteiger partial charge is 0.0175 e. The zero-order chi connectivity index (χ0) is 9.68. The monoisotopic (exact) mass is 239 g/mol. The van der Waals surface area contributed by atoms with Crippen LogP contribution in [0.4, 0.5) is 0 Å². The summed E-state index contributed by atoms with van der Waals surface area (Å²) in [7, 11) is 0. The minimum atomic E-state index is 0.610. The average molecular weight is 240 g/mol. The maximum atomic E-state index is 5.49. The lowest BCUT2D eigenvalue weighted by Crippen LogP contribution is -1.95. The third-order valence-corrected chi connectivity index (χ3v) is 2.49. The van der Waals surface area contributed by atoms with Crippen molar-refractivity contribution in [1.29, 1.82) is 0 Å². The van der Waals surface area contributed by atoms with Crippen LogP contribution in [0.15, 0.2) is 34.8 Å². The molecule has 0 bridgehead atoms. The zero-order valence-corrected chi connectivity index (χ0v) is 9.34. The van der Waals surface area contributed by atoms with Gasteiger partial charge in [-0.05, 0) is 29.7 Å². The van der Waals surface area contributed by atoms with Crippen LogP contribution in [-0.2, 0) is 0 Å². The van der Waals surface area contributed by atoms with Crippen LogP contribution in [0.3, 0.4) is 0 Å². The van der Waals surface area contributed by atoms with E-state index in [9.17, 15) is 0 Å². The fourth-order valence-electron chi connectivity index (χ4n) is 1.27. The van der Waals surface area contributed by atoms with Crippen molar-refractivity contribution in [3.05, 3.63) is 40.4 Å². The van der Waals surface area contributed by atoms with Gasteiger partial charge in [0.15, 0.2) is 0 Å². The van der Waals surface area contributed by atoms with Crippen LogP contribution in [0.2, 0.25) is 0 Å². The Balaban J connectivity index is 2.92. The van der Waals surface area contributed by atoms with E-state index < -0.39 is 0 Å². The molecule has 0 aliphatic heterocycles. The van der Waals surface area contributed by atoms with E-state index in [1.54, 1.807) is 0 Å². The Morgan fingerprint density at radius 1 is 1.38 bits per heavy atom. The molecule has 70 valence electrons. The molecule has 0 saturated heterocycles. The van der Waals surface area contributed by atoms with E-state index in [1.807, 2.05) is 0 Å². The Kier molecular flexibility index (Phi) is 4.19. The molecule has 1 rings (SSSR count). The molecule has 0 radical (unpaired) electrons. The fraction of sp³-hybridized carbons (Fsp3) is 0.273. The van der Waals surface area contributed by atoms with Gasteiger partial charge in [0.05, 0.1) is 0 Å². The van der Waals surface area contributed by atoms with Crippen molar-refractivity contribution in [3.8, 4) is 0 Å². The van der Waals surface area contributed by atoms with Gasteiger partial charge in [0, 0.05) is 11.0 Å². The number of hydrogen-bond acceptors (Lipinski definition) is 1. The van der Waals surface area contributed by atoms with Gasteiger partial charge in [-0.1, -0.05) is 41.1 Å². The first-order chi connectivity index (χ1) is 6.27. The van der Waals surface area contributed by atoms with Crippen LogP contribution in [-0.4, -0.2) is 6.54 Å². The highest BCUT2D eigenvalue weighted by molar-refractivity contribution is 9.10.